The number of rotatable bonds is 60. The first-order chi connectivity index (χ1) is 36.0. The Morgan fingerprint density at radius 3 is 0.808 bits per heavy atom. The highest BCUT2D eigenvalue weighted by Crippen LogP contribution is 2.17. The van der Waals surface area contributed by atoms with Gasteiger partial charge in [0.25, 0.3) is 0 Å². The molecule has 0 amide bonds. The number of allylic oxidation sites excluding steroid dienone is 6. The summed E-state index contributed by atoms with van der Waals surface area (Å²) in [6.07, 6.45) is 75.9. The van der Waals surface area contributed by atoms with E-state index < -0.39 is 6.10 Å². The predicted octanol–water partition coefficient (Wildman–Crippen LogP) is 22.0. The summed E-state index contributed by atoms with van der Waals surface area (Å²) in [4.78, 5) is 38.2. The van der Waals surface area contributed by atoms with Gasteiger partial charge >= 0.3 is 17.9 Å². The third-order valence-electron chi connectivity index (χ3n) is 14.6. The fourth-order valence-corrected chi connectivity index (χ4v) is 9.69. The summed E-state index contributed by atoms with van der Waals surface area (Å²) in [5.74, 6) is -0.865. The molecule has 0 radical (unpaired) electrons. The third kappa shape index (κ3) is 60.4. The van der Waals surface area contributed by atoms with Crippen molar-refractivity contribution in [2.24, 2.45) is 0 Å². The Bertz CT molecular complexity index is 1220. The standard InChI is InChI=1S/C67H124O6/c1-4-7-10-13-16-19-22-25-28-29-30-31-32-33-34-35-36-37-38-39-40-43-45-48-51-54-57-60-66(69)72-63-64(73-67(70)61-58-55-52-49-46-42-27-24-21-18-15-12-9-6-3)62-71-65(68)59-56-53-50-47-44-41-26-23-20-17-14-11-8-5-2/h15,18,24,27,29-30,64H,4-14,16-17,19-23,25-26,28,31-63H2,1-3H3/b18-15-,27-24-,30-29-. The summed E-state index contributed by atoms with van der Waals surface area (Å²) in [7, 11) is 0. The maximum absolute atomic E-state index is 12.9. The van der Waals surface area contributed by atoms with E-state index in [1.165, 1.54) is 231 Å². The molecule has 73 heavy (non-hydrogen) atoms. The van der Waals surface area contributed by atoms with E-state index in [9.17, 15) is 14.4 Å². The molecule has 0 fully saturated rings. The van der Waals surface area contributed by atoms with Crippen LogP contribution in [0.4, 0.5) is 0 Å². The molecule has 0 aromatic rings. The molecular formula is C67H124O6. The lowest BCUT2D eigenvalue weighted by atomic mass is 10.0. The van der Waals surface area contributed by atoms with Crippen molar-refractivity contribution in [1.29, 1.82) is 0 Å². The van der Waals surface area contributed by atoms with E-state index in [0.29, 0.717) is 19.3 Å². The molecule has 1 atom stereocenters. The summed E-state index contributed by atoms with van der Waals surface area (Å²) in [5.41, 5.74) is 0. The zero-order valence-corrected chi connectivity index (χ0v) is 49.2. The fourth-order valence-electron chi connectivity index (χ4n) is 9.69. The molecule has 6 nitrogen and oxygen atoms in total. The average Bonchev–Trinajstić information content (AvgIpc) is 3.39. The summed E-state index contributed by atoms with van der Waals surface area (Å²) in [6, 6.07) is 0. The van der Waals surface area contributed by atoms with Crippen molar-refractivity contribution < 1.29 is 28.6 Å². The first-order valence-electron chi connectivity index (χ1n) is 32.5. The van der Waals surface area contributed by atoms with Crippen molar-refractivity contribution in [1.82, 2.24) is 0 Å². The smallest absolute Gasteiger partial charge is 0.306 e. The molecule has 0 spiro atoms. The number of carbonyl (C=O) groups is 3. The van der Waals surface area contributed by atoms with Crippen molar-refractivity contribution in [3.8, 4) is 0 Å². The van der Waals surface area contributed by atoms with Gasteiger partial charge in [0.05, 0.1) is 0 Å². The molecule has 0 aliphatic rings. The van der Waals surface area contributed by atoms with Crippen molar-refractivity contribution in [3.05, 3.63) is 36.5 Å². The van der Waals surface area contributed by atoms with Gasteiger partial charge in [-0.3, -0.25) is 14.4 Å². The van der Waals surface area contributed by atoms with Crippen LogP contribution in [0.15, 0.2) is 36.5 Å². The lowest BCUT2D eigenvalue weighted by molar-refractivity contribution is -0.167. The van der Waals surface area contributed by atoms with Crippen LogP contribution in [-0.4, -0.2) is 37.2 Å². The van der Waals surface area contributed by atoms with Gasteiger partial charge in [-0.05, 0) is 70.6 Å². The van der Waals surface area contributed by atoms with Gasteiger partial charge in [0.15, 0.2) is 6.10 Å². The highest BCUT2D eigenvalue weighted by molar-refractivity contribution is 5.71. The van der Waals surface area contributed by atoms with Gasteiger partial charge in [0, 0.05) is 19.3 Å². The van der Waals surface area contributed by atoms with E-state index in [-0.39, 0.29) is 31.1 Å². The van der Waals surface area contributed by atoms with Crippen LogP contribution in [0.5, 0.6) is 0 Å². The van der Waals surface area contributed by atoms with Crippen LogP contribution in [-0.2, 0) is 28.6 Å². The SMILES string of the molecule is CCCC/C=C\C/C=C\CCCCCCCC(=O)OC(COC(=O)CCCCCCCCCCCCCCCC)COC(=O)CCCCCCCCCCCCCCCCC/C=C\CCCCCCCCCC. The van der Waals surface area contributed by atoms with Crippen LogP contribution in [0, 0.1) is 0 Å². The molecule has 0 aliphatic heterocycles. The Morgan fingerprint density at radius 2 is 0.507 bits per heavy atom. The minimum Gasteiger partial charge on any atom is -0.462 e. The molecule has 0 saturated heterocycles. The zero-order valence-electron chi connectivity index (χ0n) is 49.2. The van der Waals surface area contributed by atoms with Crippen LogP contribution < -0.4 is 0 Å². The zero-order chi connectivity index (χ0) is 52.9. The molecule has 0 rings (SSSR count). The third-order valence-corrected chi connectivity index (χ3v) is 14.6. The van der Waals surface area contributed by atoms with Crippen LogP contribution in [0.1, 0.15) is 355 Å². The Morgan fingerprint density at radius 1 is 0.274 bits per heavy atom. The van der Waals surface area contributed by atoms with Gasteiger partial charge in [-0.2, -0.15) is 0 Å². The fraction of sp³-hybridized carbons (Fsp3) is 0.866. The normalized spacial score (nSPS) is 12.2. The minimum atomic E-state index is -0.776. The molecule has 0 aromatic heterocycles. The Balaban J connectivity index is 4.19. The van der Waals surface area contributed by atoms with Gasteiger partial charge in [0.2, 0.25) is 0 Å². The van der Waals surface area contributed by atoms with E-state index in [1.807, 2.05) is 0 Å². The lowest BCUT2D eigenvalue weighted by Gasteiger charge is -2.18. The Kier molecular flexibility index (Phi) is 60.2. The van der Waals surface area contributed by atoms with E-state index in [0.717, 1.165) is 83.5 Å². The van der Waals surface area contributed by atoms with Crippen LogP contribution in [0.2, 0.25) is 0 Å². The van der Waals surface area contributed by atoms with E-state index >= 15 is 0 Å². The number of unbranched alkanes of at least 4 members (excludes halogenated alkanes) is 43. The van der Waals surface area contributed by atoms with Crippen molar-refractivity contribution in [2.75, 3.05) is 13.2 Å². The topological polar surface area (TPSA) is 78.9 Å². The van der Waals surface area contributed by atoms with E-state index in [1.54, 1.807) is 0 Å². The average molecular weight is 1030 g/mol. The second kappa shape index (κ2) is 62.2. The quantitative estimate of drug-likeness (QED) is 0.0261. The van der Waals surface area contributed by atoms with E-state index in [2.05, 4.69) is 57.2 Å². The highest BCUT2D eigenvalue weighted by Gasteiger charge is 2.19. The predicted molar refractivity (Wildman–Crippen MR) is 316 cm³/mol. The largest absolute Gasteiger partial charge is 0.462 e. The highest BCUT2D eigenvalue weighted by atomic mass is 16.6. The molecule has 0 heterocycles. The summed E-state index contributed by atoms with van der Waals surface area (Å²) in [5, 5.41) is 0. The van der Waals surface area contributed by atoms with Crippen molar-refractivity contribution in [3.63, 3.8) is 0 Å². The Labute approximate surface area is 455 Å². The number of esters is 3. The van der Waals surface area contributed by atoms with Gasteiger partial charge < -0.3 is 14.2 Å². The number of carbonyl (C=O) groups excluding carboxylic acids is 3. The molecular weight excluding hydrogens is 901 g/mol. The second-order valence-electron chi connectivity index (χ2n) is 22.0. The Hall–Kier alpha value is -2.37. The molecule has 6 heteroatoms. The lowest BCUT2D eigenvalue weighted by Crippen LogP contribution is -2.30. The minimum absolute atomic E-state index is 0.0732. The number of hydrogen-bond acceptors (Lipinski definition) is 6. The summed E-state index contributed by atoms with van der Waals surface area (Å²) in [6.45, 7) is 6.64. The van der Waals surface area contributed by atoms with Gasteiger partial charge in [-0.15, -0.1) is 0 Å². The molecule has 0 N–H and O–H groups in total. The maximum Gasteiger partial charge on any atom is 0.306 e. The first kappa shape index (κ1) is 70.6. The molecule has 0 bridgehead atoms. The second-order valence-corrected chi connectivity index (χ2v) is 22.0. The number of hydrogen-bond donors (Lipinski definition) is 0. The monoisotopic (exact) mass is 1020 g/mol. The molecule has 0 aliphatic carbocycles. The van der Waals surface area contributed by atoms with Crippen LogP contribution >= 0.6 is 0 Å². The van der Waals surface area contributed by atoms with Crippen LogP contribution in [0.25, 0.3) is 0 Å². The van der Waals surface area contributed by atoms with Gasteiger partial charge in [-0.1, -0.05) is 301 Å². The number of ether oxygens (including phenoxy) is 3. The maximum atomic E-state index is 12.9. The van der Waals surface area contributed by atoms with Crippen LogP contribution in [0.3, 0.4) is 0 Å². The molecule has 0 saturated carbocycles. The first-order valence-corrected chi connectivity index (χ1v) is 32.5. The van der Waals surface area contributed by atoms with E-state index in [4.69, 9.17) is 14.2 Å². The molecule has 0 aromatic carbocycles. The summed E-state index contributed by atoms with van der Waals surface area (Å²) < 4.78 is 16.9. The van der Waals surface area contributed by atoms with Crippen molar-refractivity contribution in [2.45, 2.75) is 361 Å². The van der Waals surface area contributed by atoms with Crippen molar-refractivity contribution >= 4 is 17.9 Å². The van der Waals surface area contributed by atoms with Gasteiger partial charge in [-0.25, -0.2) is 0 Å². The molecule has 1 unspecified atom stereocenters. The van der Waals surface area contributed by atoms with Gasteiger partial charge in [0.1, 0.15) is 13.2 Å². The summed E-state index contributed by atoms with van der Waals surface area (Å²) >= 11 is 0. The molecule has 428 valence electrons.